The first-order valence-electron chi connectivity index (χ1n) is 15.4. The van der Waals surface area contributed by atoms with Crippen LogP contribution in [0.5, 0.6) is 11.8 Å². The fourth-order valence-corrected chi connectivity index (χ4v) is 7.85. The normalized spacial score (nSPS) is 25.8. The van der Waals surface area contributed by atoms with Crippen LogP contribution in [0.25, 0.3) is 32.8 Å². The second kappa shape index (κ2) is 11.0. The maximum absolute atomic E-state index is 16.8. The molecule has 2 N–H and O–H groups in total. The number of hydrogen-bond donors (Lipinski definition) is 2. The molecule has 4 aliphatic rings. The van der Waals surface area contributed by atoms with Crippen LogP contribution in [0, 0.1) is 11.7 Å². The van der Waals surface area contributed by atoms with Crippen LogP contribution in [0.2, 0.25) is 5.02 Å². The van der Waals surface area contributed by atoms with Crippen LogP contribution in [0.15, 0.2) is 42.5 Å². The van der Waals surface area contributed by atoms with Gasteiger partial charge < -0.3 is 24.8 Å². The highest BCUT2D eigenvalue weighted by Crippen LogP contribution is 2.43. The third kappa shape index (κ3) is 5.06. The van der Waals surface area contributed by atoms with E-state index in [0.29, 0.717) is 47.4 Å². The molecule has 0 radical (unpaired) electrons. The fourth-order valence-electron chi connectivity index (χ4n) is 7.56. The minimum absolute atomic E-state index is 0.0444. The molecule has 3 aromatic carbocycles. The number of aromatic nitrogens is 2. The van der Waals surface area contributed by atoms with Gasteiger partial charge in [0.25, 0.3) is 0 Å². The zero-order valence-corrected chi connectivity index (χ0v) is 24.7. The largest absolute Gasteiger partial charge is 0.508 e. The molecule has 0 aliphatic carbocycles. The number of benzene rings is 3. The van der Waals surface area contributed by atoms with Crippen LogP contribution in [-0.2, 0) is 4.74 Å². The molecule has 4 saturated heterocycles. The number of halogens is 2. The molecular weight excluding hydrogens is 569 g/mol. The van der Waals surface area contributed by atoms with Crippen molar-refractivity contribution in [3.05, 3.63) is 53.3 Å². The van der Waals surface area contributed by atoms with Crippen LogP contribution < -0.4 is 15.0 Å². The maximum Gasteiger partial charge on any atom is 0.319 e. The Morgan fingerprint density at radius 2 is 1.86 bits per heavy atom. The molecule has 5 heterocycles. The number of fused-ring (bicyclic) bond motifs is 5. The first-order valence-corrected chi connectivity index (χ1v) is 15.8. The van der Waals surface area contributed by atoms with Crippen molar-refractivity contribution in [2.45, 2.75) is 43.8 Å². The van der Waals surface area contributed by atoms with Crippen molar-refractivity contribution in [1.29, 1.82) is 0 Å². The van der Waals surface area contributed by atoms with Crippen LogP contribution in [0.4, 0.5) is 10.2 Å². The lowest BCUT2D eigenvalue weighted by Gasteiger charge is -2.42. The number of hydrogen-bond acceptors (Lipinski definition) is 8. The number of ether oxygens (including phenoxy) is 2. The summed E-state index contributed by atoms with van der Waals surface area (Å²) in [5, 5.41) is 16.6. The Kier molecular flexibility index (Phi) is 7.01. The molecule has 8 rings (SSSR count). The average molecular weight is 604 g/mol. The third-order valence-corrected chi connectivity index (χ3v) is 9.97. The number of nitrogens with zero attached hydrogens (tertiary/aromatic N) is 4. The number of anilines is 1. The topological polar surface area (TPSA) is 83.0 Å². The number of phenols is 1. The van der Waals surface area contributed by atoms with E-state index in [1.807, 2.05) is 24.3 Å². The van der Waals surface area contributed by atoms with E-state index in [-0.39, 0.29) is 27.9 Å². The highest BCUT2D eigenvalue weighted by atomic mass is 35.5. The maximum atomic E-state index is 16.8. The van der Waals surface area contributed by atoms with Crippen molar-refractivity contribution in [3.63, 3.8) is 0 Å². The molecule has 0 spiro atoms. The van der Waals surface area contributed by atoms with Gasteiger partial charge in [-0.2, -0.15) is 9.97 Å². The first-order chi connectivity index (χ1) is 21.0. The first kappa shape index (κ1) is 27.3. The molecule has 1 aromatic heterocycles. The van der Waals surface area contributed by atoms with Gasteiger partial charge in [-0.1, -0.05) is 35.9 Å². The standard InChI is InChI=1S/C33H35ClFN5O3/c34-28-13-27-31(30(35)29(28)26-12-24(41)11-20-3-1-2-4-25(20)26)37-33(38-32(27)40-15-21-6-7-22(16-40)36-21)43-17-19-5-8-23-18-42-10-9-39(23)14-19/h1-4,11-13,19,21-23,36,41H,5-10,14-18H2/t19-,21?,22?,23+/m0/s1. The van der Waals surface area contributed by atoms with E-state index in [1.165, 1.54) is 0 Å². The van der Waals surface area contributed by atoms with Crippen LogP contribution in [-0.4, -0.2) is 84.1 Å². The van der Waals surface area contributed by atoms with Crippen LogP contribution in [0.1, 0.15) is 25.7 Å². The summed E-state index contributed by atoms with van der Waals surface area (Å²) in [4.78, 5) is 14.3. The van der Waals surface area contributed by atoms with Gasteiger partial charge in [0.15, 0.2) is 5.82 Å². The summed E-state index contributed by atoms with van der Waals surface area (Å²) >= 11 is 6.88. The van der Waals surface area contributed by atoms with E-state index in [0.717, 1.165) is 75.8 Å². The Morgan fingerprint density at radius 3 is 2.72 bits per heavy atom. The smallest absolute Gasteiger partial charge is 0.319 e. The molecule has 4 aliphatic heterocycles. The summed E-state index contributed by atoms with van der Waals surface area (Å²) in [5.74, 6) is 0.501. The number of aromatic hydroxyl groups is 1. The Morgan fingerprint density at radius 1 is 1.02 bits per heavy atom. The number of phenolic OH excluding ortho intramolecular Hbond substituents is 1. The lowest BCUT2D eigenvalue weighted by molar-refractivity contribution is -0.0410. The average Bonchev–Trinajstić information content (AvgIpc) is 3.36. The quantitative estimate of drug-likeness (QED) is 0.315. The molecule has 4 aromatic rings. The molecule has 0 saturated carbocycles. The van der Waals surface area contributed by atoms with Gasteiger partial charge in [0, 0.05) is 61.2 Å². The predicted octanol–water partition coefficient (Wildman–Crippen LogP) is 5.38. The van der Waals surface area contributed by atoms with Gasteiger partial charge in [0.2, 0.25) is 0 Å². The van der Waals surface area contributed by atoms with E-state index in [1.54, 1.807) is 18.2 Å². The lowest BCUT2D eigenvalue weighted by Crippen LogP contribution is -2.51. The number of nitrogens with one attached hydrogen (secondary N) is 1. The highest BCUT2D eigenvalue weighted by molar-refractivity contribution is 6.35. The van der Waals surface area contributed by atoms with Gasteiger partial charge in [0.05, 0.1) is 24.8 Å². The van der Waals surface area contributed by atoms with E-state index < -0.39 is 5.82 Å². The van der Waals surface area contributed by atoms with Crippen molar-refractivity contribution >= 4 is 39.1 Å². The summed E-state index contributed by atoms with van der Waals surface area (Å²) in [6.07, 6.45) is 4.35. The molecule has 10 heteroatoms. The summed E-state index contributed by atoms with van der Waals surface area (Å²) < 4.78 is 28.7. The number of piperidine rings is 1. The Hall–Kier alpha value is -3.24. The molecular formula is C33H35ClFN5O3. The monoisotopic (exact) mass is 603 g/mol. The molecule has 4 fully saturated rings. The Labute approximate surface area is 254 Å². The van der Waals surface area contributed by atoms with E-state index >= 15 is 4.39 Å². The zero-order valence-electron chi connectivity index (χ0n) is 23.9. The van der Waals surface area contributed by atoms with Crippen molar-refractivity contribution in [2.75, 3.05) is 50.9 Å². The van der Waals surface area contributed by atoms with Crippen LogP contribution in [0.3, 0.4) is 0 Å². The van der Waals surface area contributed by atoms with Gasteiger partial charge in [0.1, 0.15) is 17.1 Å². The van der Waals surface area contributed by atoms with Crippen LogP contribution >= 0.6 is 11.6 Å². The number of piperazine rings is 1. The summed E-state index contributed by atoms with van der Waals surface area (Å²) in [6.45, 7) is 5.50. The van der Waals surface area contributed by atoms with E-state index in [2.05, 4.69) is 20.1 Å². The minimum Gasteiger partial charge on any atom is -0.508 e. The van der Waals surface area contributed by atoms with Gasteiger partial charge in [-0.05, 0) is 60.2 Å². The van der Waals surface area contributed by atoms with Gasteiger partial charge in [-0.15, -0.1) is 0 Å². The van der Waals surface area contributed by atoms with Crippen molar-refractivity contribution in [1.82, 2.24) is 20.2 Å². The van der Waals surface area contributed by atoms with Crippen molar-refractivity contribution < 1.29 is 19.0 Å². The Balaban J connectivity index is 1.20. The number of rotatable bonds is 5. The summed E-state index contributed by atoms with van der Waals surface area (Å²) in [5.41, 5.74) is 0.905. The molecule has 2 unspecified atom stereocenters. The SMILES string of the molecule is Oc1cc(-c2c(Cl)cc3c(N4CC5CCC(C4)N5)nc(OC[C@H]4CC[C@@H]5COCCN5C4)nc3c2F)c2ccccc2c1. The van der Waals surface area contributed by atoms with E-state index in [4.69, 9.17) is 26.1 Å². The van der Waals surface area contributed by atoms with Gasteiger partial charge in [-0.25, -0.2) is 4.39 Å². The summed E-state index contributed by atoms with van der Waals surface area (Å²) in [6, 6.07) is 14.0. The third-order valence-electron chi connectivity index (χ3n) is 9.67. The minimum atomic E-state index is -0.543. The highest BCUT2D eigenvalue weighted by Gasteiger charge is 2.35. The second-order valence-corrected chi connectivity index (χ2v) is 12.9. The molecule has 0 amide bonds. The second-order valence-electron chi connectivity index (χ2n) is 12.5. The van der Waals surface area contributed by atoms with E-state index in [9.17, 15) is 5.11 Å². The molecule has 4 atom stereocenters. The Bertz CT molecular complexity index is 1690. The molecule has 224 valence electrons. The predicted molar refractivity (Wildman–Crippen MR) is 166 cm³/mol. The zero-order chi connectivity index (χ0) is 29.1. The van der Waals surface area contributed by atoms with Crippen molar-refractivity contribution in [3.8, 4) is 22.9 Å². The van der Waals surface area contributed by atoms with Gasteiger partial charge in [-0.3, -0.25) is 4.90 Å². The molecule has 8 nitrogen and oxygen atoms in total. The molecule has 43 heavy (non-hydrogen) atoms. The summed E-state index contributed by atoms with van der Waals surface area (Å²) in [7, 11) is 0. The lowest BCUT2D eigenvalue weighted by atomic mass is 9.93. The van der Waals surface area contributed by atoms with Crippen molar-refractivity contribution in [2.24, 2.45) is 5.92 Å². The molecule has 2 bridgehead atoms. The fraction of sp³-hybridized carbons (Fsp3) is 0.455. The number of morpholine rings is 1. The van der Waals surface area contributed by atoms with Gasteiger partial charge >= 0.3 is 6.01 Å².